The van der Waals surface area contributed by atoms with Gasteiger partial charge in [0.15, 0.2) is 0 Å². The summed E-state index contributed by atoms with van der Waals surface area (Å²) in [5.41, 5.74) is 1.96. The molecule has 1 spiro atoms. The van der Waals surface area contributed by atoms with Gasteiger partial charge in [-0.1, -0.05) is 30.3 Å². The number of hydrogen-bond acceptors (Lipinski definition) is 2. The summed E-state index contributed by atoms with van der Waals surface area (Å²) in [7, 11) is 0. The first-order valence-corrected chi connectivity index (χ1v) is 5.89. The van der Waals surface area contributed by atoms with Gasteiger partial charge in [-0.05, 0) is 24.9 Å². The number of likely N-dealkylation sites (tertiary alicyclic amines) is 1. The van der Waals surface area contributed by atoms with Crippen molar-refractivity contribution in [1.29, 1.82) is 0 Å². The Hall–Kier alpha value is -0.860. The van der Waals surface area contributed by atoms with E-state index in [1.165, 1.54) is 38.0 Å². The first-order valence-electron chi connectivity index (χ1n) is 5.89. The van der Waals surface area contributed by atoms with E-state index in [1.807, 2.05) is 0 Å². The Kier molecular flexibility index (Phi) is 2.26. The van der Waals surface area contributed by atoms with Gasteiger partial charge in [0.2, 0.25) is 0 Å². The van der Waals surface area contributed by atoms with Crippen molar-refractivity contribution in [2.45, 2.75) is 24.9 Å². The third kappa shape index (κ3) is 1.58. The predicted molar refractivity (Wildman–Crippen MR) is 61.7 cm³/mol. The maximum atomic E-state index is 3.49. The monoisotopic (exact) mass is 202 g/mol. The van der Waals surface area contributed by atoms with Crippen molar-refractivity contribution in [3.8, 4) is 0 Å². The van der Waals surface area contributed by atoms with E-state index in [1.54, 1.807) is 0 Å². The zero-order valence-corrected chi connectivity index (χ0v) is 9.08. The van der Waals surface area contributed by atoms with E-state index in [9.17, 15) is 0 Å². The molecule has 2 nitrogen and oxygen atoms in total. The highest BCUT2D eigenvalue weighted by Crippen LogP contribution is 2.36. The molecule has 2 fully saturated rings. The fourth-order valence-corrected chi connectivity index (χ4v) is 2.85. The second kappa shape index (κ2) is 3.62. The summed E-state index contributed by atoms with van der Waals surface area (Å²) in [5, 5.41) is 3.49. The predicted octanol–water partition coefficient (Wildman–Crippen LogP) is 1.62. The quantitative estimate of drug-likeness (QED) is 0.784. The lowest BCUT2D eigenvalue weighted by molar-refractivity contribution is -0.00613. The van der Waals surface area contributed by atoms with E-state index < -0.39 is 0 Å². The van der Waals surface area contributed by atoms with Crippen LogP contribution in [-0.2, 0) is 6.54 Å². The number of rotatable bonds is 2. The van der Waals surface area contributed by atoms with Gasteiger partial charge in [-0.3, -0.25) is 4.90 Å². The first kappa shape index (κ1) is 9.37. The Balaban J connectivity index is 1.69. The number of benzene rings is 1. The standard InChI is InChI=1S/C13H18N2/c1-2-4-12(5-3-1)10-15-9-7-13(15)6-8-14-11-13/h1-5,14H,6-11H2/t13-/m1/s1. The largest absolute Gasteiger partial charge is 0.315 e. The van der Waals surface area contributed by atoms with Crippen LogP contribution in [0.2, 0.25) is 0 Å². The molecule has 80 valence electrons. The molecular weight excluding hydrogens is 184 g/mol. The summed E-state index contributed by atoms with van der Waals surface area (Å²) < 4.78 is 0. The van der Waals surface area contributed by atoms with Crippen LogP contribution in [0, 0.1) is 0 Å². The molecule has 1 N–H and O–H groups in total. The zero-order valence-electron chi connectivity index (χ0n) is 9.08. The smallest absolute Gasteiger partial charge is 0.0361 e. The molecule has 0 amide bonds. The Labute approximate surface area is 91.3 Å². The molecule has 1 atom stereocenters. The Morgan fingerprint density at radius 3 is 2.67 bits per heavy atom. The van der Waals surface area contributed by atoms with Crippen molar-refractivity contribution in [3.63, 3.8) is 0 Å². The highest BCUT2D eigenvalue weighted by atomic mass is 15.3. The van der Waals surface area contributed by atoms with Crippen molar-refractivity contribution in [1.82, 2.24) is 10.2 Å². The second-order valence-electron chi connectivity index (χ2n) is 4.81. The van der Waals surface area contributed by atoms with Crippen molar-refractivity contribution in [2.24, 2.45) is 0 Å². The normalized spacial score (nSPS) is 30.7. The van der Waals surface area contributed by atoms with Crippen LogP contribution in [0.25, 0.3) is 0 Å². The van der Waals surface area contributed by atoms with Gasteiger partial charge >= 0.3 is 0 Å². The van der Waals surface area contributed by atoms with Gasteiger partial charge in [-0.25, -0.2) is 0 Å². The number of nitrogens with zero attached hydrogens (tertiary/aromatic N) is 1. The van der Waals surface area contributed by atoms with Gasteiger partial charge in [0.05, 0.1) is 0 Å². The molecule has 2 aliphatic heterocycles. The average Bonchev–Trinajstić information content (AvgIpc) is 2.77. The van der Waals surface area contributed by atoms with Crippen molar-refractivity contribution < 1.29 is 0 Å². The fraction of sp³-hybridized carbons (Fsp3) is 0.538. The van der Waals surface area contributed by atoms with Crippen molar-refractivity contribution in [2.75, 3.05) is 19.6 Å². The minimum atomic E-state index is 0.510. The van der Waals surface area contributed by atoms with Crippen LogP contribution in [0.15, 0.2) is 30.3 Å². The van der Waals surface area contributed by atoms with Crippen LogP contribution in [-0.4, -0.2) is 30.1 Å². The van der Waals surface area contributed by atoms with Crippen LogP contribution < -0.4 is 5.32 Å². The maximum absolute atomic E-state index is 3.49. The second-order valence-corrected chi connectivity index (χ2v) is 4.81. The van der Waals surface area contributed by atoms with Gasteiger partial charge in [0, 0.05) is 25.2 Å². The lowest BCUT2D eigenvalue weighted by Crippen LogP contribution is -2.60. The van der Waals surface area contributed by atoms with Crippen molar-refractivity contribution >= 4 is 0 Å². The van der Waals surface area contributed by atoms with Gasteiger partial charge < -0.3 is 5.32 Å². The first-order chi connectivity index (χ1) is 7.39. The van der Waals surface area contributed by atoms with Crippen LogP contribution >= 0.6 is 0 Å². The minimum Gasteiger partial charge on any atom is -0.315 e. The van der Waals surface area contributed by atoms with Gasteiger partial charge in [-0.2, -0.15) is 0 Å². The van der Waals surface area contributed by atoms with Gasteiger partial charge in [0.25, 0.3) is 0 Å². The molecule has 1 aromatic carbocycles. The molecule has 1 aromatic rings. The lowest BCUT2D eigenvalue weighted by Gasteiger charge is -2.50. The molecular formula is C13H18N2. The average molecular weight is 202 g/mol. The SMILES string of the molecule is c1ccc(CN2CC[C@@]23CCNC3)cc1. The molecule has 0 saturated carbocycles. The highest BCUT2D eigenvalue weighted by molar-refractivity contribution is 5.17. The van der Waals surface area contributed by atoms with E-state index in [4.69, 9.17) is 0 Å². The topological polar surface area (TPSA) is 15.3 Å². The molecule has 2 aliphatic rings. The Morgan fingerprint density at radius 2 is 2.07 bits per heavy atom. The van der Waals surface area contributed by atoms with Crippen molar-refractivity contribution in [3.05, 3.63) is 35.9 Å². The summed E-state index contributed by atoms with van der Waals surface area (Å²) >= 11 is 0. The Morgan fingerprint density at radius 1 is 1.20 bits per heavy atom. The summed E-state index contributed by atoms with van der Waals surface area (Å²) in [6.07, 6.45) is 2.71. The zero-order chi connectivity index (χ0) is 10.1. The number of nitrogens with one attached hydrogen (secondary N) is 1. The molecule has 2 heteroatoms. The third-order valence-corrected chi connectivity index (χ3v) is 3.96. The minimum absolute atomic E-state index is 0.510. The molecule has 0 aliphatic carbocycles. The molecule has 2 heterocycles. The van der Waals surface area contributed by atoms with Gasteiger partial charge in [0.1, 0.15) is 0 Å². The van der Waals surface area contributed by atoms with E-state index in [-0.39, 0.29) is 0 Å². The molecule has 0 aromatic heterocycles. The van der Waals surface area contributed by atoms with E-state index in [0.29, 0.717) is 5.54 Å². The van der Waals surface area contributed by atoms with Crippen LogP contribution in [0.4, 0.5) is 0 Å². The summed E-state index contributed by atoms with van der Waals surface area (Å²) in [6, 6.07) is 10.8. The van der Waals surface area contributed by atoms with E-state index in [0.717, 1.165) is 6.54 Å². The van der Waals surface area contributed by atoms with E-state index in [2.05, 4.69) is 40.5 Å². The molecule has 2 saturated heterocycles. The lowest BCUT2D eigenvalue weighted by atomic mass is 9.83. The highest BCUT2D eigenvalue weighted by Gasteiger charge is 2.45. The molecule has 15 heavy (non-hydrogen) atoms. The van der Waals surface area contributed by atoms with Crippen LogP contribution in [0.3, 0.4) is 0 Å². The van der Waals surface area contributed by atoms with Crippen LogP contribution in [0.5, 0.6) is 0 Å². The van der Waals surface area contributed by atoms with Crippen LogP contribution in [0.1, 0.15) is 18.4 Å². The molecule has 0 unspecified atom stereocenters. The fourth-order valence-electron chi connectivity index (χ4n) is 2.85. The summed E-state index contributed by atoms with van der Waals surface area (Å²) in [4.78, 5) is 2.64. The molecule has 3 rings (SSSR count). The molecule has 0 bridgehead atoms. The molecule has 0 radical (unpaired) electrons. The number of hydrogen-bond donors (Lipinski definition) is 1. The third-order valence-electron chi connectivity index (χ3n) is 3.96. The summed E-state index contributed by atoms with van der Waals surface area (Å²) in [5.74, 6) is 0. The maximum Gasteiger partial charge on any atom is 0.0361 e. The Bertz CT molecular complexity index is 328. The summed E-state index contributed by atoms with van der Waals surface area (Å²) in [6.45, 7) is 4.80. The van der Waals surface area contributed by atoms with E-state index >= 15 is 0 Å². The van der Waals surface area contributed by atoms with Gasteiger partial charge in [-0.15, -0.1) is 0 Å².